The van der Waals surface area contributed by atoms with Crippen molar-refractivity contribution >= 4 is 11.6 Å². The zero-order valence-corrected chi connectivity index (χ0v) is 22.4. The van der Waals surface area contributed by atoms with E-state index in [9.17, 15) is 13.2 Å². The van der Waals surface area contributed by atoms with Gasteiger partial charge in [0, 0.05) is 17.5 Å². The van der Waals surface area contributed by atoms with Gasteiger partial charge in [0.25, 0.3) is 0 Å². The molecule has 0 radical (unpaired) electrons. The summed E-state index contributed by atoms with van der Waals surface area (Å²) in [5.41, 5.74) is 1.17. The Balaban J connectivity index is 1.14. The quantitative estimate of drug-likeness (QED) is 0.333. The molecule has 1 heterocycles. The summed E-state index contributed by atoms with van der Waals surface area (Å²) < 4.78 is 75.2. The lowest BCUT2D eigenvalue weighted by molar-refractivity contribution is -0.222. The van der Waals surface area contributed by atoms with Gasteiger partial charge in [-0.1, -0.05) is 43.5 Å². The fourth-order valence-electron chi connectivity index (χ4n) is 6.28. The molecule has 1 saturated heterocycles. The standard InChI is InChI=1S/C30H35ClF4O3/c1-18-2-4-19(5-3-18)22-16-36-29(37-17-22)21-8-12-25(27(32)14-21)20-6-9-23(10-7-20)30(34,35)38-24-11-13-26(31)28(33)15-24/h8,11-15,18-20,22-23,29H,2-7,9-10,16-17H2,1H3. The average molecular weight is 555 g/mol. The van der Waals surface area contributed by atoms with Gasteiger partial charge in [0.15, 0.2) is 6.29 Å². The normalized spacial score (nSPS) is 30.7. The summed E-state index contributed by atoms with van der Waals surface area (Å²) in [5, 5.41) is -0.158. The molecule has 2 saturated carbocycles. The largest absolute Gasteiger partial charge is 0.432 e. The van der Waals surface area contributed by atoms with Crippen LogP contribution >= 0.6 is 11.6 Å². The molecule has 5 rings (SSSR count). The first kappa shape index (κ1) is 27.7. The van der Waals surface area contributed by atoms with Crippen LogP contribution in [0.2, 0.25) is 5.02 Å². The molecular formula is C30H35ClF4O3. The molecule has 38 heavy (non-hydrogen) atoms. The van der Waals surface area contributed by atoms with E-state index in [-0.39, 0.29) is 35.3 Å². The Morgan fingerprint density at radius 1 is 0.816 bits per heavy atom. The van der Waals surface area contributed by atoms with E-state index in [1.807, 2.05) is 6.07 Å². The van der Waals surface area contributed by atoms with Crippen LogP contribution in [0.25, 0.3) is 0 Å². The van der Waals surface area contributed by atoms with Gasteiger partial charge in [-0.05, 0) is 80.0 Å². The number of hydrogen-bond acceptors (Lipinski definition) is 3. The second kappa shape index (κ2) is 11.7. The van der Waals surface area contributed by atoms with Crippen LogP contribution in [0.3, 0.4) is 0 Å². The van der Waals surface area contributed by atoms with Gasteiger partial charge in [-0.15, -0.1) is 0 Å². The third-order valence-electron chi connectivity index (χ3n) is 8.73. The molecule has 2 aromatic rings. The van der Waals surface area contributed by atoms with Crippen LogP contribution in [0.5, 0.6) is 5.75 Å². The van der Waals surface area contributed by atoms with Crippen LogP contribution in [-0.4, -0.2) is 19.3 Å². The molecule has 0 bridgehead atoms. The third-order valence-corrected chi connectivity index (χ3v) is 9.04. The molecule has 2 aliphatic carbocycles. The second-order valence-electron chi connectivity index (χ2n) is 11.3. The van der Waals surface area contributed by atoms with Gasteiger partial charge >= 0.3 is 6.11 Å². The van der Waals surface area contributed by atoms with Gasteiger partial charge in [0.2, 0.25) is 0 Å². The van der Waals surface area contributed by atoms with Gasteiger partial charge in [-0.25, -0.2) is 8.78 Å². The minimum absolute atomic E-state index is 0.157. The highest BCUT2D eigenvalue weighted by molar-refractivity contribution is 6.30. The molecule has 0 N–H and O–H groups in total. The summed E-state index contributed by atoms with van der Waals surface area (Å²) in [7, 11) is 0. The maximum atomic E-state index is 15.2. The van der Waals surface area contributed by atoms with Gasteiger partial charge < -0.3 is 14.2 Å². The van der Waals surface area contributed by atoms with Crippen LogP contribution < -0.4 is 4.74 Å². The predicted molar refractivity (Wildman–Crippen MR) is 137 cm³/mol. The summed E-state index contributed by atoms with van der Waals surface area (Å²) in [5.74, 6) is -0.824. The van der Waals surface area contributed by atoms with E-state index in [1.54, 1.807) is 6.07 Å². The SMILES string of the molecule is CC1CCC(C2COC(c3ccc(C4CCC(C(F)(F)Oc5ccc(Cl)c(F)c5)CC4)c(F)c3)OC2)CC1. The number of ether oxygens (including phenoxy) is 3. The molecule has 208 valence electrons. The van der Waals surface area contributed by atoms with Crippen LogP contribution in [0.1, 0.15) is 81.6 Å². The smallest absolute Gasteiger partial charge is 0.400 e. The molecule has 0 amide bonds. The lowest BCUT2D eigenvalue weighted by Gasteiger charge is -2.37. The number of benzene rings is 2. The molecule has 1 aliphatic heterocycles. The Hall–Kier alpha value is -1.83. The fraction of sp³-hybridized carbons (Fsp3) is 0.600. The first-order chi connectivity index (χ1) is 18.2. The van der Waals surface area contributed by atoms with Crippen molar-refractivity contribution in [1.29, 1.82) is 0 Å². The maximum absolute atomic E-state index is 15.2. The maximum Gasteiger partial charge on any atom is 0.400 e. The summed E-state index contributed by atoms with van der Waals surface area (Å²) >= 11 is 5.62. The van der Waals surface area contributed by atoms with Gasteiger partial charge in [-0.2, -0.15) is 8.78 Å². The van der Waals surface area contributed by atoms with E-state index in [0.717, 1.165) is 12.0 Å². The summed E-state index contributed by atoms with van der Waals surface area (Å²) in [6, 6.07) is 8.28. The van der Waals surface area contributed by atoms with Gasteiger partial charge in [0.1, 0.15) is 17.4 Å². The lowest BCUT2D eigenvalue weighted by Crippen LogP contribution is -2.37. The topological polar surface area (TPSA) is 27.7 Å². The average Bonchev–Trinajstić information content (AvgIpc) is 2.91. The monoisotopic (exact) mass is 554 g/mol. The molecule has 2 aromatic carbocycles. The van der Waals surface area contributed by atoms with Crippen molar-refractivity contribution in [2.75, 3.05) is 13.2 Å². The number of hydrogen-bond donors (Lipinski definition) is 0. The molecule has 3 nitrogen and oxygen atoms in total. The highest BCUT2D eigenvalue weighted by Gasteiger charge is 2.44. The molecule has 3 fully saturated rings. The molecule has 3 aliphatic rings. The van der Waals surface area contributed by atoms with E-state index in [1.165, 1.54) is 43.9 Å². The Bertz CT molecular complexity index is 1090. The molecule has 8 heteroatoms. The summed E-state index contributed by atoms with van der Waals surface area (Å²) in [4.78, 5) is 0. The Morgan fingerprint density at radius 2 is 1.50 bits per heavy atom. The van der Waals surface area contributed by atoms with Crippen molar-refractivity contribution in [3.05, 3.63) is 64.2 Å². The van der Waals surface area contributed by atoms with Crippen molar-refractivity contribution < 1.29 is 31.8 Å². The Morgan fingerprint density at radius 3 is 2.13 bits per heavy atom. The summed E-state index contributed by atoms with van der Waals surface area (Å²) in [6.45, 7) is 3.55. The Labute approximate surface area is 226 Å². The number of halogens is 5. The number of rotatable bonds is 6. The minimum Gasteiger partial charge on any atom is -0.432 e. The first-order valence-electron chi connectivity index (χ1n) is 13.7. The predicted octanol–water partition coefficient (Wildman–Crippen LogP) is 9.05. The molecule has 0 spiro atoms. The first-order valence-corrected chi connectivity index (χ1v) is 14.1. The third kappa shape index (κ3) is 6.31. The van der Waals surface area contributed by atoms with E-state index in [4.69, 9.17) is 25.8 Å². The highest BCUT2D eigenvalue weighted by Crippen LogP contribution is 2.44. The van der Waals surface area contributed by atoms with Crippen molar-refractivity contribution in [3.63, 3.8) is 0 Å². The number of alkyl halides is 2. The van der Waals surface area contributed by atoms with Crippen LogP contribution in [0, 0.1) is 35.3 Å². The van der Waals surface area contributed by atoms with Crippen LogP contribution in [-0.2, 0) is 9.47 Å². The molecular weight excluding hydrogens is 520 g/mol. The summed E-state index contributed by atoms with van der Waals surface area (Å²) in [6.07, 6.45) is 2.06. The zero-order chi connectivity index (χ0) is 26.9. The molecule has 0 aromatic heterocycles. The minimum atomic E-state index is -3.46. The van der Waals surface area contributed by atoms with Crippen molar-refractivity contribution in [3.8, 4) is 5.75 Å². The van der Waals surface area contributed by atoms with Gasteiger partial charge in [-0.3, -0.25) is 0 Å². The van der Waals surface area contributed by atoms with Gasteiger partial charge in [0.05, 0.1) is 24.2 Å². The molecule has 0 unspecified atom stereocenters. The fourth-order valence-corrected chi connectivity index (χ4v) is 6.40. The van der Waals surface area contributed by atoms with E-state index < -0.39 is 24.1 Å². The van der Waals surface area contributed by atoms with E-state index in [0.29, 0.717) is 49.0 Å². The zero-order valence-electron chi connectivity index (χ0n) is 21.6. The second-order valence-corrected chi connectivity index (χ2v) is 11.8. The molecule has 0 atom stereocenters. The van der Waals surface area contributed by atoms with Crippen LogP contribution in [0.4, 0.5) is 17.6 Å². The van der Waals surface area contributed by atoms with Crippen molar-refractivity contribution in [1.82, 2.24) is 0 Å². The Kier molecular flexibility index (Phi) is 8.56. The van der Waals surface area contributed by atoms with Crippen LogP contribution in [0.15, 0.2) is 36.4 Å². The van der Waals surface area contributed by atoms with E-state index >= 15 is 4.39 Å². The van der Waals surface area contributed by atoms with Crippen molar-refractivity contribution in [2.45, 2.75) is 76.6 Å². The van der Waals surface area contributed by atoms with Crippen molar-refractivity contribution in [2.24, 2.45) is 23.7 Å². The highest BCUT2D eigenvalue weighted by atomic mass is 35.5. The van der Waals surface area contributed by atoms with E-state index in [2.05, 4.69) is 6.92 Å². The lowest BCUT2D eigenvalue weighted by atomic mass is 9.76.